The van der Waals surface area contributed by atoms with Crippen LogP contribution in [0.25, 0.3) is 0 Å². The van der Waals surface area contributed by atoms with E-state index < -0.39 is 0 Å². The molecule has 0 rings (SSSR count). The van der Waals surface area contributed by atoms with E-state index in [-0.39, 0.29) is 51.9 Å². The molecule has 0 saturated heterocycles. The van der Waals surface area contributed by atoms with Crippen LogP contribution < -0.4 is 0 Å². The molecule has 3 nitrogen and oxygen atoms in total. The summed E-state index contributed by atoms with van der Waals surface area (Å²) in [7, 11) is 0. The molecule has 0 aromatic carbocycles. The zero-order valence-electron chi connectivity index (χ0n) is 4.14. The standard InChI is InChI=1S/3CN.Au.Na/c3*1-2;;/q3*-1;+3;. The van der Waals surface area contributed by atoms with E-state index in [9.17, 15) is 0 Å². The minimum atomic E-state index is 0. The van der Waals surface area contributed by atoms with Gasteiger partial charge in [-0.2, -0.15) is 0 Å². The normalized spacial score (nSPS) is 0.750. The summed E-state index contributed by atoms with van der Waals surface area (Å²) in [6.45, 7) is 14.2. The van der Waals surface area contributed by atoms with Gasteiger partial charge in [0.25, 0.3) is 0 Å². The van der Waals surface area contributed by atoms with E-state index in [4.69, 9.17) is 35.5 Å². The first-order valence-corrected chi connectivity index (χ1v) is 0.671. The molecule has 0 amide bonds. The third-order valence-electron chi connectivity index (χ3n) is 0. The second-order valence-electron chi connectivity index (χ2n) is 0. The topological polar surface area (TPSA) is 71.4 Å². The molecule has 0 aliphatic heterocycles. The van der Waals surface area contributed by atoms with Gasteiger partial charge < -0.3 is 35.5 Å². The van der Waals surface area contributed by atoms with Crippen molar-refractivity contribution < 1.29 is 22.4 Å². The molecule has 0 aliphatic carbocycles. The first kappa shape index (κ1) is 41.4. The molecule has 0 atom stereocenters. The molecule has 0 heterocycles. The quantitative estimate of drug-likeness (QED) is 0.463. The maximum absolute atomic E-state index is 6.25. The van der Waals surface area contributed by atoms with Crippen LogP contribution in [-0.2, 0) is 22.4 Å². The number of hydrogen-bond donors (Lipinski definition) is 0. The molecule has 0 aliphatic rings. The van der Waals surface area contributed by atoms with Crippen molar-refractivity contribution in [3.05, 3.63) is 19.7 Å². The summed E-state index contributed by atoms with van der Waals surface area (Å²) in [6.07, 6.45) is 0. The van der Waals surface area contributed by atoms with Crippen LogP contribution in [0.4, 0.5) is 0 Å². The Morgan fingerprint density at radius 1 is 0.625 bits per heavy atom. The second kappa shape index (κ2) is 6290. The van der Waals surface area contributed by atoms with Gasteiger partial charge in [-0.25, -0.2) is 0 Å². The maximum Gasteiger partial charge on any atom is 3.00 e. The fourth-order valence-electron chi connectivity index (χ4n) is 0. The average Bonchev–Trinajstić information content (AvgIpc) is 1.81. The SMILES string of the molecule is [Au+3].[C-]#N.[C-]#N.[C-]#N.[Na]. The molecule has 0 aromatic heterocycles. The van der Waals surface area contributed by atoms with Crippen LogP contribution in [-0.4, -0.2) is 29.6 Å². The third kappa shape index (κ3) is 3810. The van der Waals surface area contributed by atoms with Crippen LogP contribution >= 0.6 is 0 Å². The van der Waals surface area contributed by atoms with E-state index in [1.54, 1.807) is 0 Å². The summed E-state index contributed by atoms with van der Waals surface area (Å²) in [5.41, 5.74) is 0. The van der Waals surface area contributed by atoms with Crippen LogP contribution in [0.1, 0.15) is 0 Å². The Balaban J connectivity index is -0.00000000500. The Bertz CT molecular complexity index is 43.0. The van der Waals surface area contributed by atoms with Crippen molar-refractivity contribution in [3.8, 4) is 0 Å². The Morgan fingerprint density at radius 3 is 0.625 bits per heavy atom. The van der Waals surface area contributed by atoms with Crippen LogP contribution in [0.2, 0.25) is 0 Å². The summed E-state index contributed by atoms with van der Waals surface area (Å²) in [4.78, 5) is 0. The fraction of sp³-hybridized carbons (Fsp3) is 0. The summed E-state index contributed by atoms with van der Waals surface area (Å²) in [5.74, 6) is 0. The molecule has 0 aromatic rings. The van der Waals surface area contributed by atoms with Crippen molar-refractivity contribution >= 4 is 29.6 Å². The van der Waals surface area contributed by atoms with Gasteiger partial charge in [-0.05, 0) is 0 Å². The third-order valence-corrected chi connectivity index (χ3v) is 0. The van der Waals surface area contributed by atoms with Gasteiger partial charge in [-0.1, -0.05) is 0 Å². The van der Waals surface area contributed by atoms with Crippen molar-refractivity contribution in [2.45, 2.75) is 0 Å². The summed E-state index contributed by atoms with van der Waals surface area (Å²) < 4.78 is 0. The second-order valence-corrected chi connectivity index (χ2v) is 0. The molecule has 1 radical (unpaired) electrons. The van der Waals surface area contributed by atoms with Gasteiger partial charge in [0.1, 0.15) is 0 Å². The monoisotopic (exact) mass is 298 g/mol. The van der Waals surface area contributed by atoms with Gasteiger partial charge in [-0.3, -0.25) is 0 Å². The van der Waals surface area contributed by atoms with E-state index in [0.29, 0.717) is 0 Å². The molecule has 0 N–H and O–H groups in total. The van der Waals surface area contributed by atoms with E-state index in [1.807, 2.05) is 0 Å². The molecular weight excluding hydrogens is 298 g/mol. The van der Waals surface area contributed by atoms with E-state index in [0.717, 1.165) is 0 Å². The minimum absolute atomic E-state index is 0. The summed E-state index contributed by atoms with van der Waals surface area (Å²) in [5, 5.41) is 18.8. The Morgan fingerprint density at radius 2 is 0.625 bits per heavy atom. The molecule has 0 bridgehead atoms. The van der Waals surface area contributed by atoms with E-state index in [1.165, 1.54) is 0 Å². The summed E-state index contributed by atoms with van der Waals surface area (Å²) in [6, 6.07) is 0. The van der Waals surface area contributed by atoms with Gasteiger partial charge in [0, 0.05) is 29.6 Å². The minimum Gasteiger partial charge on any atom is -0.512 e. The van der Waals surface area contributed by atoms with Crippen LogP contribution in [0.5, 0.6) is 0 Å². The Hall–Kier alpha value is 0.210. The van der Waals surface area contributed by atoms with Gasteiger partial charge >= 0.3 is 22.4 Å². The smallest absolute Gasteiger partial charge is 0.512 e. The van der Waals surface area contributed by atoms with Crippen molar-refractivity contribution in [2.75, 3.05) is 0 Å². The van der Waals surface area contributed by atoms with Crippen molar-refractivity contribution in [1.29, 1.82) is 15.8 Å². The number of rotatable bonds is 0. The summed E-state index contributed by atoms with van der Waals surface area (Å²) >= 11 is 0. The molecule has 0 saturated carbocycles. The van der Waals surface area contributed by atoms with Gasteiger partial charge in [0.2, 0.25) is 0 Å². The molecule has 8 heavy (non-hydrogen) atoms. The molecule has 0 unspecified atom stereocenters. The zero-order chi connectivity index (χ0) is 6.00. The number of nitrogens with zero attached hydrogens (tertiary/aromatic N) is 3. The molecular formula is C3AuN3Na. The predicted octanol–water partition coefficient (Wildman–Crippen LogP) is -0.0942. The molecule has 5 heteroatoms. The van der Waals surface area contributed by atoms with Gasteiger partial charge in [0.05, 0.1) is 0 Å². The fourth-order valence-corrected chi connectivity index (χ4v) is 0. The maximum atomic E-state index is 6.25. The Kier molecular flexibility index (Phi) is 32600. The van der Waals surface area contributed by atoms with Crippen LogP contribution in [0.15, 0.2) is 0 Å². The Labute approximate surface area is 86.7 Å². The van der Waals surface area contributed by atoms with Crippen LogP contribution in [0.3, 0.4) is 0 Å². The van der Waals surface area contributed by atoms with Gasteiger partial charge in [0.15, 0.2) is 0 Å². The zero-order valence-corrected chi connectivity index (χ0v) is 8.31. The first-order valence-electron chi connectivity index (χ1n) is 0.671. The molecule has 39 valence electrons. The first-order chi connectivity index (χ1) is 3.00. The van der Waals surface area contributed by atoms with Gasteiger partial charge in [-0.15, -0.1) is 0 Å². The largest absolute Gasteiger partial charge is 3.00 e. The average molecular weight is 298 g/mol. The van der Waals surface area contributed by atoms with Crippen LogP contribution in [0, 0.1) is 35.5 Å². The molecule has 0 fully saturated rings. The van der Waals surface area contributed by atoms with Crippen molar-refractivity contribution in [3.63, 3.8) is 0 Å². The predicted molar refractivity (Wildman–Crippen MR) is 20.7 cm³/mol. The van der Waals surface area contributed by atoms with Crippen molar-refractivity contribution in [2.24, 2.45) is 0 Å². The van der Waals surface area contributed by atoms with E-state index in [2.05, 4.69) is 0 Å². The number of hydrogen-bond acceptors (Lipinski definition) is 3. The molecule has 0 spiro atoms. The van der Waals surface area contributed by atoms with Crippen molar-refractivity contribution in [1.82, 2.24) is 0 Å². The van der Waals surface area contributed by atoms with E-state index >= 15 is 0 Å².